The topological polar surface area (TPSA) is 134 Å². The number of hydrogen-bond acceptors (Lipinski definition) is 7. The number of fused-ring (bicyclic) bond motifs is 1. The van der Waals surface area contributed by atoms with Gasteiger partial charge in [-0.3, -0.25) is 4.79 Å². The zero-order chi connectivity index (χ0) is 22.8. The smallest absolute Gasteiger partial charge is 0.285 e. The summed E-state index contributed by atoms with van der Waals surface area (Å²) < 4.78 is 59.2. The van der Waals surface area contributed by atoms with Crippen LogP contribution in [0, 0.1) is 0 Å². The van der Waals surface area contributed by atoms with E-state index in [1.165, 1.54) is 10.4 Å². The van der Waals surface area contributed by atoms with E-state index in [9.17, 15) is 21.6 Å². The van der Waals surface area contributed by atoms with Crippen LogP contribution in [0.5, 0.6) is 0 Å². The summed E-state index contributed by atoms with van der Waals surface area (Å²) in [6, 6.07) is 12.9. The van der Waals surface area contributed by atoms with Crippen molar-refractivity contribution in [2.75, 3.05) is 43.9 Å². The van der Waals surface area contributed by atoms with E-state index in [2.05, 4.69) is 15.0 Å². The molecule has 1 fully saturated rings. The number of amides is 1. The van der Waals surface area contributed by atoms with Gasteiger partial charge < -0.3 is 15.4 Å². The van der Waals surface area contributed by atoms with Gasteiger partial charge in [-0.15, -0.1) is 4.40 Å². The SMILES string of the molecule is O=C(NCCS(=O)(=O)N1CCOCC1)c1ccc(NC2=NS(=O)(=O)c3ccccc32)cc1. The van der Waals surface area contributed by atoms with Gasteiger partial charge in [0.2, 0.25) is 10.0 Å². The molecule has 0 aromatic heterocycles. The van der Waals surface area contributed by atoms with Crippen LogP contribution >= 0.6 is 0 Å². The summed E-state index contributed by atoms with van der Waals surface area (Å²) in [7, 11) is -7.17. The highest BCUT2D eigenvalue weighted by Gasteiger charge is 2.28. The molecule has 4 rings (SSSR count). The van der Waals surface area contributed by atoms with Crippen molar-refractivity contribution in [2.24, 2.45) is 4.40 Å². The third-order valence-electron chi connectivity index (χ3n) is 5.05. The predicted octanol–water partition coefficient (Wildman–Crippen LogP) is 0.639. The van der Waals surface area contributed by atoms with Crippen molar-refractivity contribution in [1.29, 1.82) is 0 Å². The van der Waals surface area contributed by atoms with E-state index in [1.54, 1.807) is 42.5 Å². The van der Waals surface area contributed by atoms with Gasteiger partial charge in [-0.25, -0.2) is 8.42 Å². The molecule has 1 saturated heterocycles. The molecule has 2 aromatic carbocycles. The molecule has 2 N–H and O–H groups in total. The van der Waals surface area contributed by atoms with E-state index in [1.807, 2.05) is 0 Å². The lowest BCUT2D eigenvalue weighted by molar-refractivity contribution is 0.0730. The molecular weight excluding hydrogens is 456 g/mol. The average molecular weight is 479 g/mol. The van der Waals surface area contributed by atoms with Crippen LogP contribution < -0.4 is 10.6 Å². The second-order valence-electron chi connectivity index (χ2n) is 7.20. The van der Waals surface area contributed by atoms with Gasteiger partial charge in [0.15, 0.2) is 5.84 Å². The fourth-order valence-electron chi connectivity index (χ4n) is 3.39. The number of ether oxygens (including phenoxy) is 1. The van der Waals surface area contributed by atoms with Gasteiger partial charge in [0, 0.05) is 36.4 Å². The van der Waals surface area contributed by atoms with Crippen molar-refractivity contribution < 1.29 is 26.4 Å². The molecule has 1 amide bonds. The number of nitrogens with one attached hydrogen (secondary N) is 2. The molecule has 0 aliphatic carbocycles. The second-order valence-corrected chi connectivity index (χ2v) is 10.9. The summed E-state index contributed by atoms with van der Waals surface area (Å²) in [6.07, 6.45) is 0. The second kappa shape index (κ2) is 8.98. The number of nitrogens with zero attached hydrogens (tertiary/aromatic N) is 2. The average Bonchev–Trinajstić information content (AvgIpc) is 3.05. The number of sulfonamides is 2. The number of morpholine rings is 1. The maximum absolute atomic E-state index is 12.3. The Kier molecular flexibility index (Phi) is 6.29. The fraction of sp³-hybridized carbons (Fsp3) is 0.300. The van der Waals surface area contributed by atoms with Gasteiger partial charge in [0.1, 0.15) is 4.90 Å². The number of rotatable bonds is 6. The molecule has 0 bridgehead atoms. The molecule has 2 aliphatic heterocycles. The minimum Gasteiger partial charge on any atom is -0.379 e. The summed E-state index contributed by atoms with van der Waals surface area (Å²) in [6.45, 7) is 1.37. The van der Waals surface area contributed by atoms with E-state index < -0.39 is 26.0 Å². The normalized spacial score (nSPS) is 17.9. The summed E-state index contributed by atoms with van der Waals surface area (Å²) in [5, 5.41) is 5.57. The molecule has 10 nitrogen and oxygen atoms in total. The summed E-state index contributed by atoms with van der Waals surface area (Å²) in [5.41, 5.74) is 1.39. The van der Waals surface area contributed by atoms with Crippen molar-refractivity contribution in [3.63, 3.8) is 0 Å². The largest absolute Gasteiger partial charge is 0.379 e. The third kappa shape index (κ3) is 4.83. The standard InChI is InChI=1S/C20H22N4O6S2/c25-20(21-9-14-31(26,27)24-10-12-30-13-11-24)15-5-7-16(8-6-15)22-19-17-3-1-2-4-18(17)32(28,29)23-19/h1-8H,9-14H2,(H,21,25)(H,22,23). The van der Waals surface area contributed by atoms with Crippen molar-refractivity contribution in [1.82, 2.24) is 9.62 Å². The van der Waals surface area contributed by atoms with Gasteiger partial charge in [-0.1, -0.05) is 12.1 Å². The molecule has 12 heteroatoms. The molecular formula is C20H22N4O6S2. The summed E-state index contributed by atoms with van der Waals surface area (Å²) in [5.74, 6) is -0.377. The lowest BCUT2D eigenvalue weighted by Gasteiger charge is -2.26. The van der Waals surface area contributed by atoms with Gasteiger partial charge in [-0.05, 0) is 36.4 Å². The van der Waals surface area contributed by atoms with Crippen LogP contribution in [-0.2, 0) is 24.8 Å². The van der Waals surface area contributed by atoms with E-state index in [0.717, 1.165) is 0 Å². The Labute approximate surface area is 186 Å². The molecule has 0 unspecified atom stereocenters. The number of hydrogen-bond donors (Lipinski definition) is 2. The monoisotopic (exact) mass is 478 g/mol. The van der Waals surface area contributed by atoms with Gasteiger partial charge >= 0.3 is 0 Å². The predicted molar refractivity (Wildman–Crippen MR) is 119 cm³/mol. The minimum absolute atomic E-state index is 0.00995. The number of carbonyl (C=O) groups is 1. The molecule has 2 aromatic rings. The lowest BCUT2D eigenvalue weighted by atomic mass is 10.1. The highest BCUT2D eigenvalue weighted by Crippen LogP contribution is 2.26. The highest BCUT2D eigenvalue weighted by molar-refractivity contribution is 7.90. The molecule has 170 valence electrons. The van der Waals surface area contributed by atoms with Crippen LogP contribution in [0.1, 0.15) is 15.9 Å². The highest BCUT2D eigenvalue weighted by atomic mass is 32.2. The summed E-state index contributed by atoms with van der Waals surface area (Å²) >= 11 is 0. The molecule has 32 heavy (non-hydrogen) atoms. The maximum Gasteiger partial charge on any atom is 0.285 e. The molecule has 0 spiro atoms. The van der Waals surface area contributed by atoms with Crippen LogP contribution in [0.3, 0.4) is 0 Å². The number of amidine groups is 1. The van der Waals surface area contributed by atoms with Gasteiger partial charge in [-0.2, -0.15) is 12.7 Å². The first-order chi connectivity index (χ1) is 15.3. The molecule has 0 atom stereocenters. The van der Waals surface area contributed by atoms with Crippen molar-refractivity contribution in [3.05, 3.63) is 59.7 Å². The van der Waals surface area contributed by atoms with Crippen molar-refractivity contribution in [3.8, 4) is 0 Å². The van der Waals surface area contributed by atoms with Crippen LogP contribution in [0.2, 0.25) is 0 Å². The first kappa shape index (κ1) is 22.4. The number of benzene rings is 2. The number of carbonyl (C=O) groups excluding carboxylic acids is 1. The van der Waals surface area contributed by atoms with Gasteiger partial charge in [0.25, 0.3) is 15.9 Å². The Hall–Kier alpha value is -2.80. The molecule has 2 heterocycles. The molecule has 0 saturated carbocycles. The quantitative estimate of drug-likeness (QED) is 0.622. The Morgan fingerprint density at radius 2 is 1.75 bits per heavy atom. The van der Waals surface area contributed by atoms with Crippen molar-refractivity contribution in [2.45, 2.75) is 4.90 Å². The zero-order valence-electron chi connectivity index (χ0n) is 17.0. The Balaban J connectivity index is 1.34. The van der Waals surface area contributed by atoms with Crippen LogP contribution in [0.25, 0.3) is 0 Å². The molecule has 0 radical (unpaired) electrons. The maximum atomic E-state index is 12.3. The van der Waals surface area contributed by atoms with Gasteiger partial charge in [0.05, 0.1) is 19.0 Å². The van der Waals surface area contributed by atoms with Crippen LogP contribution in [-0.4, -0.2) is 71.5 Å². The number of anilines is 1. The van der Waals surface area contributed by atoms with E-state index in [4.69, 9.17) is 4.74 Å². The fourth-order valence-corrected chi connectivity index (χ4v) is 5.89. The van der Waals surface area contributed by atoms with Crippen LogP contribution in [0.4, 0.5) is 5.69 Å². The Morgan fingerprint density at radius 3 is 2.47 bits per heavy atom. The Bertz CT molecular complexity index is 1250. The zero-order valence-corrected chi connectivity index (χ0v) is 18.7. The van der Waals surface area contributed by atoms with E-state index >= 15 is 0 Å². The minimum atomic E-state index is -3.73. The third-order valence-corrected chi connectivity index (χ3v) is 8.26. The van der Waals surface area contributed by atoms with Crippen molar-refractivity contribution >= 4 is 37.5 Å². The van der Waals surface area contributed by atoms with E-state index in [0.29, 0.717) is 43.1 Å². The first-order valence-corrected chi connectivity index (χ1v) is 13.0. The molecule has 2 aliphatic rings. The lowest BCUT2D eigenvalue weighted by Crippen LogP contribution is -2.43. The van der Waals surface area contributed by atoms with Crippen LogP contribution in [0.15, 0.2) is 57.8 Å². The van der Waals surface area contributed by atoms with E-state index in [-0.39, 0.29) is 23.0 Å². The Morgan fingerprint density at radius 1 is 1.06 bits per heavy atom. The first-order valence-electron chi connectivity index (χ1n) is 9.91. The summed E-state index contributed by atoms with van der Waals surface area (Å²) in [4.78, 5) is 12.5.